The molecule has 0 aromatic rings. The van der Waals surface area contributed by atoms with Crippen LogP contribution in [0.25, 0.3) is 0 Å². The Kier molecular flexibility index (Phi) is 56.4. The lowest BCUT2D eigenvalue weighted by atomic mass is 10.0. The Labute approximate surface area is 444 Å². The van der Waals surface area contributed by atoms with Crippen LogP contribution in [-0.2, 0) is 28.6 Å². The van der Waals surface area contributed by atoms with Gasteiger partial charge in [-0.1, -0.05) is 330 Å². The first-order valence-corrected chi connectivity index (χ1v) is 32.2. The molecule has 0 spiro atoms. The van der Waals surface area contributed by atoms with Gasteiger partial charge in [0.2, 0.25) is 0 Å². The van der Waals surface area contributed by atoms with Crippen LogP contribution in [0.5, 0.6) is 0 Å². The summed E-state index contributed by atoms with van der Waals surface area (Å²) in [5, 5.41) is 0. The maximum atomic E-state index is 12.9. The molecule has 0 fully saturated rings. The molecule has 0 amide bonds. The topological polar surface area (TPSA) is 78.9 Å². The lowest BCUT2D eigenvalue weighted by molar-refractivity contribution is -0.167. The molecule has 0 unspecified atom stereocenters. The molecule has 1 atom stereocenters. The zero-order valence-corrected chi connectivity index (χ0v) is 48.9. The van der Waals surface area contributed by atoms with Crippen LogP contribution in [0.15, 0.2) is 0 Å². The summed E-state index contributed by atoms with van der Waals surface area (Å²) in [4.78, 5) is 38.3. The van der Waals surface area contributed by atoms with Gasteiger partial charge in [-0.2, -0.15) is 0 Å². The van der Waals surface area contributed by atoms with Gasteiger partial charge >= 0.3 is 17.9 Å². The van der Waals surface area contributed by atoms with Crippen molar-refractivity contribution in [2.45, 2.75) is 375 Å². The Morgan fingerprint density at radius 2 is 0.465 bits per heavy atom. The monoisotopic (exact) mass is 1000 g/mol. The van der Waals surface area contributed by atoms with Crippen molar-refractivity contribution >= 4 is 17.9 Å². The highest BCUT2D eigenvalue weighted by molar-refractivity contribution is 5.71. The Hall–Kier alpha value is -1.59. The molecule has 0 saturated carbocycles. The van der Waals surface area contributed by atoms with E-state index >= 15 is 0 Å². The summed E-state index contributed by atoms with van der Waals surface area (Å²) in [6, 6.07) is 0. The lowest BCUT2D eigenvalue weighted by Crippen LogP contribution is -2.30. The van der Waals surface area contributed by atoms with Gasteiger partial charge in [0.25, 0.3) is 0 Å². The first-order valence-electron chi connectivity index (χ1n) is 32.2. The molecule has 0 heterocycles. The molecular weight excluding hydrogens is 877 g/mol. The predicted octanol–water partition coefficient (Wildman–Crippen LogP) is 21.6. The lowest BCUT2D eigenvalue weighted by Gasteiger charge is -2.18. The molecule has 0 bridgehead atoms. The van der Waals surface area contributed by atoms with E-state index in [4.69, 9.17) is 14.2 Å². The van der Waals surface area contributed by atoms with E-state index in [1.165, 1.54) is 257 Å². The molecule has 0 saturated heterocycles. The van der Waals surface area contributed by atoms with E-state index < -0.39 is 6.10 Å². The number of carbonyl (C=O) groups excluding carboxylic acids is 3. The smallest absolute Gasteiger partial charge is 0.306 e. The highest BCUT2D eigenvalue weighted by Crippen LogP contribution is 2.19. The Bertz CT molecular complexity index is 1090. The van der Waals surface area contributed by atoms with Crippen molar-refractivity contribution in [3.63, 3.8) is 0 Å². The highest BCUT2D eigenvalue weighted by Gasteiger charge is 2.19. The summed E-state index contributed by atoms with van der Waals surface area (Å²) in [5.41, 5.74) is 0. The second kappa shape index (κ2) is 57.7. The molecule has 6 heteroatoms. The van der Waals surface area contributed by atoms with Crippen molar-refractivity contribution in [3.05, 3.63) is 0 Å². The maximum absolute atomic E-state index is 12.9. The minimum absolute atomic E-state index is 0.0618. The molecule has 0 aromatic heterocycles. The van der Waals surface area contributed by atoms with Crippen molar-refractivity contribution in [1.82, 2.24) is 0 Å². The van der Waals surface area contributed by atoms with E-state index in [9.17, 15) is 14.4 Å². The SMILES string of the molecule is CCCCCCCCCCCCCCCCCCCC(=O)O[C@H](COC(=O)CCCCCCCCCCCCCCCCCCCCC(C)C)COC(=O)CCCCCCCCCCCCCCC(C)C. The van der Waals surface area contributed by atoms with Gasteiger partial charge in [-0.15, -0.1) is 0 Å². The van der Waals surface area contributed by atoms with Crippen molar-refractivity contribution in [3.8, 4) is 0 Å². The van der Waals surface area contributed by atoms with E-state index in [1.54, 1.807) is 0 Å². The van der Waals surface area contributed by atoms with Gasteiger partial charge in [0.15, 0.2) is 6.10 Å². The second-order valence-electron chi connectivity index (χ2n) is 23.4. The molecule has 0 aliphatic rings. The zero-order chi connectivity index (χ0) is 51.8. The number of hydrogen-bond acceptors (Lipinski definition) is 6. The largest absolute Gasteiger partial charge is 0.462 e. The van der Waals surface area contributed by atoms with Crippen LogP contribution in [0.2, 0.25) is 0 Å². The van der Waals surface area contributed by atoms with Crippen molar-refractivity contribution in [2.24, 2.45) is 11.8 Å². The molecule has 0 radical (unpaired) electrons. The quantitative estimate of drug-likeness (QED) is 0.0343. The fraction of sp³-hybridized carbons (Fsp3) is 0.954. The summed E-state index contributed by atoms with van der Waals surface area (Å²) < 4.78 is 17.0. The third-order valence-electron chi connectivity index (χ3n) is 15.0. The molecule has 0 rings (SSSR count). The van der Waals surface area contributed by atoms with Gasteiger partial charge in [-0.3, -0.25) is 14.4 Å². The van der Waals surface area contributed by atoms with Crippen molar-refractivity contribution < 1.29 is 28.6 Å². The van der Waals surface area contributed by atoms with Crippen molar-refractivity contribution in [1.29, 1.82) is 0 Å². The van der Waals surface area contributed by atoms with E-state index in [2.05, 4.69) is 34.6 Å². The summed E-state index contributed by atoms with van der Waals surface area (Å²) in [5.74, 6) is 0.862. The number of hydrogen-bond donors (Lipinski definition) is 0. The van der Waals surface area contributed by atoms with E-state index in [0.29, 0.717) is 19.3 Å². The zero-order valence-electron chi connectivity index (χ0n) is 48.9. The number of esters is 3. The van der Waals surface area contributed by atoms with Gasteiger partial charge < -0.3 is 14.2 Å². The third-order valence-corrected chi connectivity index (χ3v) is 15.0. The van der Waals surface area contributed by atoms with Crippen LogP contribution in [0.1, 0.15) is 369 Å². The fourth-order valence-corrected chi connectivity index (χ4v) is 10.1. The molecular formula is C65H126O6. The molecule has 422 valence electrons. The second-order valence-corrected chi connectivity index (χ2v) is 23.4. The molecule has 71 heavy (non-hydrogen) atoms. The Balaban J connectivity index is 4.26. The summed E-state index contributed by atoms with van der Waals surface area (Å²) >= 11 is 0. The van der Waals surface area contributed by atoms with Gasteiger partial charge in [0.1, 0.15) is 13.2 Å². The first kappa shape index (κ1) is 69.4. The maximum Gasteiger partial charge on any atom is 0.306 e. The highest BCUT2D eigenvalue weighted by atomic mass is 16.6. The number of unbranched alkanes of at least 4 members (excludes halogenated alkanes) is 44. The molecule has 6 nitrogen and oxygen atoms in total. The number of carbonyl (C=O) groups is 3. The number of rotatable bonds is 59. The van der Waals surface area contributed by atoms with Crippen LogP contribution < -0.4 is 0 Å². The molecule has 0 N–H and O–H groups in total. The van der Waals surface area contributed by atoms with E-state index in [1.807, 2.05) is 0 Å². The van der Waals surface area contributed by atoms with Gasteiger partial charge in [0, 0.05) is 19.3 Å². The van der Waals surface area contributed by atoms with Crippen LogP contribution >= 0.6 is 0 Å². The average Bonchev–Trinajstić information content (AvgIpc) is 3.35. The van der Waals surface area contributed by atoms with E-state index in [-0.39, 0.29) is 31.1 Å². The summed E-state index contributed by atoms with van der Waals surface area (Å²) in [7, 11) is 0. The first-order chi connectivity index (χ1) is 34.7. The van der Waals surface area contributed by atoms with E-state index in [0.717, 1.165) is 69.6 Å². The van der Waals surface area contributed by atoms with Crippen LogP contribution in [0.4, 0.5) is 0 Å². The minimum Gasteiger partial charge on any atom is -0.462 e. The third kappa shape index (κ3) is 59.2. The average molecular weight is 1000 g/mol. The van der Waals surface area contributed by atoms with Gasteiger partial charge in [-0.05, 0) is 31.1 Å². The van der Waals surface area contributed by atoms with Crippen molar-refractivity contribution in [2.75, 3.05) is 13.2 Å². The Morgan fingerprint density at radius 3 is 0.690 bits per heavy atom. The van der Waals surface area contributed by atoms with Gasteiger partial charge in [0.05, 0.1) is 0 Å². The Morgan fingerprint density at radius 1 is 0.268 bits per heavy atom. The minimum atomic E-state index is -0.764. The normalized spacial score (nSPS) is 12.0. The van der Waals surface area contributed by atoms with Crippen LogP contribution in [0.3, 0.4) is 0 Å². The van der Waals surface area contributed by atoms with Crippen LogP contribution in [0, 0.1) is 11.8 Å². The molecule has 0 aliphatic carbocycles. The van der Waals surface area contributed by atoms with Crippen LogP contribution in [-0.4, -0.2) is 37.2 Å². The molecule has 0 aliphatic heterocycles. The predicted molar refractivity (Wildman–Crippen MR) is 307 cm³/mol. The summed E-state index contributed by atoms with van der Waals surface area (Å²) in [6.45, 7) is 11.5. The van der Waals surface area contributed by atoms with Gasteiger partial charge in [-0.25, -0.2) is 0 Å². The summed E-state index contributed by atoms with van der Waals surface area (Å²) in [6.07, 6.45) is 63.9. The fourth-order valence-electron chi connectivity index (χ4n) is 10.1. The number of ether oxygens (including phenoxy) is 3. The molecule has 0 aromatic carbocycles. The standard InChI is InChI=1S/C65H126O6/c1-6-7-8-9-10-11-12-13-14-17-22-25-32-37-42-47-52-57-65(68)71-62(59-70-64(67)56-51-46-41-36-31-27-26-29-34-39-44-49-54-61(4)5)58-69-63(66)55-50-45-40-35-30-24-21-19-16-15-18-20-23-28-33-38-43-48-53-60(2)3/h60-62H,6-59H2,1-5H3/t62-/m1/s1.